The maximum Gasteiger partial charge on any atom is 0.407 e. The summed E-state index contributed by atoms with van der Waals surface area (Å²) in [6.07, 6.45) is 4.64. The Balaban J connectivity index is 1.11. The first-order valence-corrected chi connectivity index (χ1v) is 14.7. The Morgan fingerprint density at radius 1 is 0.923 bits per heavy atom. The number of carbonyl (C=O) groups is 2. The van der Waals surface area contributed by atoms with E-state index in [0.29, 0.717) is 12.8 Å². The monoisotopic (exact) mass is 562 g/mol. The summed E-state index contributed by atoms with van der Waals surface area (Å²) in [5.41, 5.74) is 4.51. The smallest absolute Gasteiger partial charge is 0.407 e. The average Bonchev–Trinajstić information content (AvgIpc) is 3.70. The van der Waals surface area contributed by atoms with Crippen molar-refractivity contribution < 1.29 is 19.4 Å². The Labute approximate surface area is 235 Å². The number of alkyl carbamates (subject to hydrolysis) is 1. The first-order chi connectivity index (χ1) is 19.1. The van der Waals surface area contributed by atoms with Crippen LogP contribution >= 0.6 is 22.7 Å². The summed E-state index contributed by atoms with van der Waals surface area (Å²) in [5.74, 6) is -1.14. The highest BCUT2D eigenvalue weighted by Gasteiger charge is 2.29. The van der Waals surface area contributed by atoms with Crippen molar-refractivity contribution in [3.63, 3.8) is 0 Å². The highest BCUT2D eigenvalue weighted by molar-refractivity contribution is 7.09. The molecule has 1 amide bonds. The molecule has 5 rings (SSSR count). The predicted molar refractivity (Wildman–Crippen MR) is 152 cm³/mol. The zero-order valence-corrected chi connectivity index (χ0v) is 23.0. The summed E-state index contributed by atoms with van der Waals surface area (Å²) in [7, 11) is 0. The van der Waals surface area contributed by atoms with Crippen LogP contribution in [0, 0.1) is 0 Å². The lowest BCUT2D eigenvalue weighted by atomic mass is 9.98. The molecule has 1 aliphatic rings. The second-order valence-corrected chi connectivity index (χ2v) is 11.4. The number of carboxylic acids is 1. The van der Waals surface area contributed by atoms with Gasteiger partial charge in [-0.15, -0.1) is 22.7 Å². The van der Waals surface area contributed by atoms with Crippen LogP contribution in [0.1, 0.15) is 46.3 Å². The molecule has 0 radical (unpaired) electrons. The highest BCUT2D eigenvalue weighted by atomic mass is 32.1. The van der Waals surface area contributed by atoms with E-state index in [0.717, 1.165) is 58.3 Å². The number of hydrogen-bond acceptors (Lipinski definition) is 8. The SMILES string of the molecule is O=C(N[C@@H](CCCCN(Cc1nccs1)Cc1nccs1)C(=O)O)OCC1c2ccccc2-c2ccccc21. The molecule has 2 N–H and O–H groups in total. The van der Waals surface area contributed by atoms with E-state index in [9.17, 15) is 14.7 Å². The average molecular weight is 563 g/mol. The van der Waals surface area contributed by atoms with Crippen molar-refractivity contribution in [2.75, 3.05) is 13.2 Å². The molecule has 202 valence electrons. The van der Waals surface area contributed by atoms with Gasteiger partial charge in [0.05, 0.1) is 13.1 Å². The Hall–Kier alpha value is -3.60. The minimum Gasteiger partial charge on any atom is -0.480 e. The summed E-state index contributed by atoms with van der Waals surface area (Å²) in [6, 6.07) is 15.2. The van der Waals surface area contributed by atoms with E-state index in [2.05, 4.69) is 32.3 Å². The van der Waals surface area contributed by atoms with E-state index in [1.807, 2.05) is 47.2 Å². The van der Waals surface area contributed by atoms with Gasteiger partial charge in [-0.1, -0.05) is 48.5 Å². The molecule has 2 aromatic carbocycles. The van der Waals surface area contributed by atoms with Gasteiger partial charge in [0, 0.05) is 29.1 Å². The minimum atomic E-state index is -1.06. The van der Waals surface area contributed by atoms with Gasteiger partial charge in [-0.25, -0.2) is 19.6 Å². The number of benzene rings is 2. The van der Waals surface area contributed by atoms with Gasteiger partial charge < -0.3 is 15.2 Å². The van der Waals surface area contributed by atoms with Crippen molar-refractivity contribution in [3.8, 4) is 11.1 Å². The lowest BCUT2D eigenvalue weighted by Gasteiger charge is -2.21. The molecule has 0 bridgehead atoms. The molecule has 0 saturated heterocycles. The molecule has 0 fully saturated rings. The number of nitrogens with one attached hydrogen (secondary N) is 1. The van der Waals surface area contributed by atoms with E-state index in [1.54, 1.807) is 35.1 Å². The molecule has 10 heteroatoms. The van der Waals surface area contributed by atoms with Gasteiger partial charge in [-0.2, -0.15) is 0 Å². The van der Waals surface area contributed by atoms with Crippen LogP contribution < -0.4 is 5.32 Å². The third-order valence-electron chi connectivity index (χ3n) is 6.84. The molecule has 0 spiro atoms. The second kappa shape index (κ2) is 13.0. The van der Waals surface area contributed by atoms with E-state index < -0.39 is 18.1 Å². The van der Waals surface area contributed by atoms with Gasteiger partial charge in [0.25, 0.3) is 0 Å². The van der Waals surface area contributed by atoms with Crippen LogP contribution in [0.2, 0.25) is 0 Å². The number of carboxylic acid groups (broad SMARTS) is 1. The molecule has 2 heterocycles. The second-order valence-electron chi connectivity index (χ2n) is 9.42. The van der Waals surface area contributed by atoms with Crippen molar-refractivity contribution in [3.05, 3.63) is 92.8 Å². The standard InChI is InChI=1S/C29H30N4O4S2/c34-28(35)25(11-5-6-14-33(17-26-30-12-15-38-26)18-27-31-13-16-39-27)32-29(36)37-19-24-22-9-3-1-7-20(22)21-8-2-4-10-23(21)24/h1-4,7-10,12-13,15-16,24-25H,5-6,11,14,17-19H2,(H,32,36)(H,34,35)/t25-/m0/s1. The van der Waals surface area contributed by atoms with Crippen LogP contribution in [-0.4, -0.2) is 51.2 Å². The van der Waals surface area contributed by atoms with Gasteiger partial charge in [-0.05, 0) is 48.1 Å². The molecule has 8 nitrogen and oxygen atoms in total. The number of thiazole rings is 2. The Bertz CT molecular complexity index is 1300. The van der Waals surface area contributed by atoms with Crippen molar-refractivity contribution >= 4 is 34.7 Å². The van der Waals surface area contributed by atoms with Crippen LogP contribution in [-0.2, 0) is 22.6 Å². The number of amides is 1. The Morgan fingerprint density at radius 3 is 2.05 bits per heavy atom. The number of aromatic nitrogens is 2. The molecule has 4 aromatic rings. The zero-order valence-electron chi connectivity index (χ0n) is 21.4. The van der Waals surface area contributed by atoms with Crippen LogP contribution in [0.4, 0.5) is 4.79 Å². The molecular weight excluding hydrogens is 532 g/mol. The van der Waals surface area contributed by atoms with Crippen molar-refractivity contribution in [1.29, 1.82) is 0 Å². The number of fused-ring (bicyclic) bond motifs is 3. The number of aliphatic carboxylic acids is 1. The third-order valence-corrected chi connectivity index (χ3v) is 8.36. The fourth-order valence-electron chi connectivity index (χ4n) is 4.98. The predicted octanol–water partition coefficient (Wildman–Crippen LogP) is 5.76. The van der Waals surface area contributed by atoms with Gasteiger partial charge in [-0.3, -0.25) is 4.90 Å². The first kappa shape index (κ1) is 27.0. The molecule has 39 heavy (non-hydrogen) atoms. The topological polar surface area (TPSA) is 105 Å². The van der Waals surface area contributed by atoms with E-state index in [1.165, 1.54) is 0 Å². The number of carbonyl (C=O) groups excluding carboxylic acids is 1. The summed E-state index contributed by atoms with van der Waals surface area (Å²) in [5, 5.41) is 18.3. The number of hydrogen-bond donors (Lipinski definition) is 2. The first-order valence-electron chi connectivity index (χ1n) is 12.9. The number of rotatable bonds is 13. The molecular formula is C29H30N4O4S2. The van der Waals surface area contributed by atoms with Crippen molar-refractivity contribution in [1.82, 2.24) is 20.2 Å². The van der Waals surface area contributed by atoms with E-state index >= 15 is 0 Å². The quantitative estimate of drug-likeness (QED) is 0.200. The lowest BCUT2D eigenvalue weighted by Crippen LogP contribution is -2.41. The van der Waals surface area contributed by atoms with Crippen LogP contribution in [0.15, 0.2) is 71.7 Å². The van der Waals surface area contributed by atoms with Crippen molar-refractivity contribution in [2.24, 2.45) is 0 Å². The molecule has 0 aliphatic heterocycles. The maximum absolute atomic E-state index is 12.6. The molecule has 1 aliphatic carbocycles. The van der Waals surface area contributed by atoms with Gasteiger partial charge in [0.1, 0.15) is 22.7 Å². The van der Waals surface area contributed by atoms with Crippen LogP contribution in [0.25, 0.3) is 11.1 Å². The minimum absolute atomic E-state index is 0.0759. The number of ether oxygens (including phenoxy) is 1. The number of nitrogens with zero attached hydrogens (tertiary/aromatic N) is 3. The molecule has 0 unspecified atom stereocenters. The maximum atomic E-state index is 12.6. The van der Waals surface area contributed by atoms with Crippen molar-refractivity contribution in [2.45, 2.75) is 44.3 Å². The van der Waals surface area contributed by atoms with Gasteiger partial charge in [0.2, 0.25) is 0 Å². The van der Waals surface area contributed by atoms with Gasteiger partial charge >= 0.3 is 12.1 Å². The van der Waals surface area contributed by atoms with Crippen LogP contribution in [0.5, 0.6) is 0 Å². The number of unbranched alkanes of at least 4 members (excludes halogenated alkanes) is 1. The van der Waals surface area contributed by atoms with Gasteiger partial charge in [0.15, 0.2) is 0 Å². The fourth-order valence-corrected chi connectivity index (χ4v) is 6.30. The van der Waals surface area contributed by atoms with E-state index in [-0.39, 0.29) is 12.5 Å². The third kappa shape index (κ3) is 6.89. The summed E-state index contributed by atoms with van der Waals surface area (Å²) < 4.78 is 5.55. The Kier molecular flexibility index (Phi) is 8.97. The normalized spacial score (nSPS) is 13.2. The molecule has 0 saturated carbocycles. The fraction of sp³-hybridized carbons (Fsp3) is 0.310. The van der Waals surface area contributed by atoms with E-state index in [4.69, 9.17) is 4.74 Å². The zero-order chi connectivity index (χ0) is 27.0. The summed E-state index contributed by atoms with van der Waals surface area (Å²) in [6.45, 7) is 2.36. The highest BCUT2D eigenvalue weighted by Crippen LogP contribution is 2.44. The lowest BCUT2D eigenvalue weighted by molar-refractivity contribution is -0.139. The summed E-state index contributed by atoms with van der Waals surface area (Å²) >= 11 is 3.23. The molecule has 2 aromatic heterocycles. The largest absolute Gasteiger partial charge is 0.480 e. The van der Waals surface area contributed by atoms with Crippen LogP contribution in [0.3, 0.4) is 0 Å². The summed E-state index contributed by atoms with van der Waals surface area (Å²) in [4.78, 5) is 35.5. The Morgan fingerprint density at radius 2 is 1.51 bits per heavy atom. The molecule has 1 atom stereocenters.